The zero-order chi connectivity index (χ0) is 9.84. The van der Waals surface area contributed by atoms with E-state index in [1.165, 1.54) is 0 Å². The Bertz CT molecular complexity index is 328. The van der Waals surface area contributed by atoms with E-state index in [0.717, 1.165) is 16.3 Å². The van der Waals surface area contributed by atoms with Gasteiger partial charge in [-0.1, -0.05) is 12.1 Å². The molecule has 2 unspecified atom stereocenters. The van der Waals surface area contributed by atoms with Gasteiger partial charge in [-0.05, 0) is 16.7 Å². The van der Waals surface area contributed by atoms with Crippen LogP contribution in [0.25, 0.3) is 0 Å². The molecular formula is C8H12N2OP2. The first-order chi connectivity index (χ1) is 6.13. The maximum atomic E-state index is 11.0. The summed E-state index contributed by atoms with van der Waals surface area (Å²) in [6.07, 6.45) is 0. The van der Waals surface area contributed by atoms with Crippen LogP contribution in [0.4, 0.5) is 10.5 Å². The van der Waals surface area contributed by atoms with Crippen molar-refractivity contribution < 1.29 is 4.79 Å². The third-order valence-corrected chi connectivity index (χ3v) is 2.42. The summed E-state index contributed by atoms with van der Waals surface area (Å²) in [5.74, 6) is 0. The SMILES string of the molecule is CNC(=O)Nc1cc(P)ccc1P. The summed E-state index contributed by atoms with van der Waals surface area (Å²) in [6, 6.07) is 5.57. The summed E-state index contributed by atoms with van der Waals surface area (Å²) < 4.78 is 0. The van der Waals surface area contributed by atoms with Gasteiger partial charge in [0.1, 0.15) is 0 Å². The Labute approximate surface area is 82.1 Å². The van der Waals surface area contributed by atoms with E-state index in [4.69, 9.17) is 0 Å². The number of nitrogens with one attached hydrogen (secondary N) is 2. The zero-order valence-corrected chi connectivity index (χ0v) is 9.60. The number of hydrogen-bond donors (Lipinski definition) is 2. The second-order valence-corrected chi connectivity index (χ2v) is 3.84. The molecule has 1 aromatic rings. The van der Waals surface area contributed by atoms with Gasteiger partial charge in [-0.25, -0.2) is 4.79 Å². The summed E-state index contributed by atoms with van der Waals surface area (Å²) >= 11 is 0. The molecule has 3 nitrogen and oxygen atoms in total. The number of anilines is 1. The fourth-order valence-corrected chi connectivity index (χ4v) is 1.38. The number of amides is 2. The van der Waals surface area contributed by atoms with Gasteiger partial charge in [0, 0.05) is 7.05 Å². The Balaban J connectivity index is 2.87. The Morgan fingerprint density at radius 2 is 2.08 bits per heavy atom. The molecule has 5 heteroatoms. The number of carbonyl (C=O) groups is 1. The highest BCUT2D eigenvalue weighted by Gasteiger charge is 2.01. The van der Waals surface area contributed by atoms with E-state index < -0.39 is 0 Å². The molecule has 0 saturated heterocycles. The third-order valence-electron chi connectivity index (χ3n) is 1.55. The minimum Gasteiger partial charge on any atom is -0.341 e. The normalized spacial score (nSPS) is 9.46. The van der Waals surface area contributed by atoms with Gasteiger partial charge in [-0.15, -0.1) is 18.5 Å². The minimum atomic E-state index is -0.209. The Kier molecular flexibility index (Phi) is 3.65. The molecule has 2 amide bonds. The number of urea groups is 1. The fourth-order valence-electron chi connectivity index (χ4n) is 0.867. The van der Waals surface area contributed by atoms with Crippen molar-refractivity contribution in [3.63, 3.8) is 0 Å². The van der Waals surface area contributed by atoms with E-state index in [9.17, 15) is 4.79 Å². The number of rotatable bonds is 1. The lowest BCUT2D eigenvalue weighted by Gasteiger charge is -2.07. The van der Waals surface area contributed by atoms with Crippen LogP contribution in [0.15, 0.2) is 18.2 Å². The predicted molar refractivity (Wildman–Crippen MR) is 63.2 cm³/mol. The summed E-state index contributed by atoms with van der Waals surface area (Å²) in [4.78, 5) is 11.0. The molecule has 2 atom stereocenters. The van der Waals surface area contributed by atoms with Crippen LogP contribution in [0.5, 0.6) is 0 Å². The van der Waals surface area contributed by atoms with Gasteiger partial charge in [0.05, 0.1) is 5.69 Å². The molecule has 0 saturated carbocycles. The smallest absolute Gasteiger partial charge is 0.318 e. The Morgan fingerprint density at radius 1 is 1.38 bits per heavy atom. The molecule has 0 aromatic heterocycles. The van der Waals surface area contributed by atoms with E-state index in [-0.39, 0.29) is 6.03 Å². The van der Waals surface area contributed by atoms with Crippen LogP contribution in [0.1, 0.15) is 0 Å². The van der Waals surface area contributed by atoms with Crippen LogP contribution in [0, 0.1) is 0 Å². The quantitative estimate of drug-likeness (QED) is 0.654. The van der Waals surface area contributed by atoms with Crippen molar-refractivity contribution in [2.24, 2.45) is 0 Å². The monoisotopic (exact) mass is 214 g/mol. The van der Waals surface area contributed by atoms with Gasteiger partial charge in [0.2, 0.25) is 0 Å². The van der Waals surface area contributed by atoms with E-state index in [0.29, 0.717) is 0 Å². The first-order valence-electron chi connectivity index (χ1n) is 3.77. The zero-order valence-electron chi connectivity index (χ0n) is 7.29. The highest BCUT2D eigenvalue weighted by molar-refractivity contribution is 7.28. The van der Waals surface area contributed by atoms with Crippen molar-refractivity contribution in [2.45, 2.75) is 0 Å². The van der Waals surface area contributed by atoms with E-state index in [2.05, 4.69) is 29.1 Å². The largest absolute Gasteiger partial charge is 0.341 e. The summed E-state index contributed by atoms with van der Waals surface area (Å²) in [5.41, 5.74) is 0.803. The maximum Gasteiger partial charge on any atom is 0.318 e. The molecule has 0 radical (unpaired) electrons. The molecule has 0 spiro atoms. The lowest BCUT2D eigenvalue weighted by Crippen LogP contribution is -2.26. The second kappa shape index (κ2) is 4.55. The van der Waals surface area contributed by atoms with Crippen LogP contribution in [-0.4, -0.2) is 13.1 Å². The van der Waals surface area contributed by atoms with Crippen LogP contribution in [-0.2, 0) is 0 Å². The summed E-state index contributed by atoms with van der Waals surface area (Å²) in [6.45, 7) is 0. The first kappa shape index (κ1) is 10.4. The van der Waals surface area contributed by atoms with Crippen molar-refractivity contribution in [1.29, 1.82) is 0 Å². The van der Waals surface area contributed by atoms with Gasteiger partial charge in [0.15, 0.2) is 0 Å². The van der Waals surface area contributed by atoms with Crippen LogP contribution in [0.2, 0.25) is 0 Å². The summed E-state index contributed by atoms with van der Waals surface area (Å²) in [7, 11) is 6.74. The Hall–Kier alpha value is -0.650. The van der Waals surface area contributed by atoms with Crippen LogP contribution >= 0.6 is 18.5 Å². The lowest BCUT2D eigenvalue weighted by atomic mass is 10.3. The molecule has 0 aliphatic heterocycles. The van der Waals surface area contributed by atoms with Crippen molar-refractivity contribution in [3.05, 3.63) is 18.2 Å². The molecule has 0 aliphatic carbocycles. The minimum absolute atomic E-state index is 0.209. The van der Waals surface area contributed by atoms with Gasteiger partial charge in [-0.2, -0.15) is 0 Å². The van der Waals surface area contributed by atoms with Gasteiger partial charge >= 0.3 is 6.03 Å². The van der Waals surface area contributed by atoms with Crippen molar-refractivity contribution in [2.75, 3.05) is 12.4 Å². The van der Waals surface area contributed by atoms with E-state index >= 15 is 0 Å². The van der Waals surface area contributed by atoms with Crippen LogP contribution in [0.3, 0.4) is 0 Å². The fraction of sp³-hybridized carbons (Fsp3) is 0.125. The summed E-state index contributed by atoms with van der Waals surface area (Å²) in [5, 5.41) is 7.22. The molecule has 0 fully saturated rings. The maximum absolute atomic E-state index is 11.0. The standard InChI is InChI=1S/C8H12N2OP2/c1-9-8(11)10-6-4-5(12)2-3-7(6)13/h2-4H,12-13H2,1H3,(H2,9,10,11). The molecule has 0 bridgehead atoms. The highest BCUT2D eigenvalue weighted by Crippen LogP contribution is 2.06. The molecule has 0 aliphatic rings. The van der Waals surface area contributed by atoms with Crippen molar-refractivity contribution >= 4 is 40.8 Å². The third kappa shape index (κ3) is 2.95. The van der Waals surface area contributed by atoms with Gasteiger partial charge in [0.25, 0.3) is 0 Å². The average molecular weight is 214 g/mol. The van der Waals surface area contributed by atoms with Gasteiger partial charge in [-0.3, -0.25) is 0 Å². The molecular weight excluding hydrogens is 202 g/mol. The molecule has 70 valence electrons. The number of carbonyl (C=O) groups excluding carboxylic acids is 1. The topological polar surface area (TPSA) is 41.1 Å². The first-order valence-corrected chi connectivity index (χ1v) is 4.92. The van der Waals surface area contributed by atoms with Crippen LogP contribution < -0.4 is 21.2 Å². The average Bonchev–Trinajstić information content (AvgIpc) is 2.11. The van der Waals surface area contributed by atoms with Crippen molar-refractivity contribution in [3.8, 4) is 0 Å². The molecule has 1 rings (SSSR count). The second-order valence-electron chi connectivity index (χ2n) is 2.55. The predicted octanol–water partition coefficient (Wildman–Crippen LogP) is 0.439. The molecule has 0 heterocycles. The van der Waals surface area contributed by atoms with Gasteiger partial charge < -0.3 is 10.6 Å². The molecule has 1 aromatic carbocycles. The molecule has 2 N–H and O–H groups in total. The van der Waals surface area contributed by atoms with E-state index in [1.807, 2.05) is 18.2 Å². The Morgan fingerprint density at radius 3 is 2.69 bits per heavy atom. The molecule has 13 heavy (non-hydrogen) atoms. The number of benzene rings is 1. The lowest BCUT2D eigenvalue weighted by molar-refractivity contribution is 0.254. The highest BCUT2D eigenvalue weighted by atomic mass is 31.0. The number of hydrogen-bond acceptors (Lipinski definition) is 1. The van der Waals surface area contributed by atoms with E-state index in [1.54, 1.807) is 7.05 Å². The van der Waals surface area contributed by atoms with Crippen molar-refractivity contribution in [1.82, 2.24) is 5.32 Å².